The Balaban J connectivity index is 0.00000208. The Kier molecular flexibility index (Phi) is 6.86. The first kappa shape index (κ1) is 19.0. The van der Waals surface area contributed by atoms with Crippen LogP contribution in [0.2, 0.25) is 5.02 Å². The van der Waals surface area contributed by atoms with Gasteiger partial charge in [-0.15, -0.1) is 12.4 Å². The lowest BCUT2D eigenvalue weighted by Crippen LogP contribution is -2.57. The number of carbonyl (C=O) groups excluding carboxylic acids is 2. The molecule has 0 unspecified atom stereocenters. The molecule has 132 valence electrons. The summed E-state index contributed by atoms with van der Waals surface area (Å²) >= 11 is 6.04. The third-order valence-electron chi connectivity index (χ3n) is 4.33. The molecule has 2 heterocycles. The maximum absolute atomic E-state index is 12.2. The van der Waals surface area contributed by atoms with E-state index in [0.717, 1.165) is 26.2 Å². The summed E-state index contributed by atoms with van der Waals surface area (Å²) in [6.07, 6.45) is 0. The summed E-state index contributed by atoms with van der Waals surface area (Å²) in [5.74, 6) is 0.301. The fourth-order valence-electron chi connectivity index (χ4n) is 2.80. The van der Waals surface area contributed by atoms with Crippen molar-refractivity contribution in [2.75, 3.05) is 51.1 Å². The number of carbonyl (C=O) groups is 2. The van der Waals surface area contributed by atoms with Gasteiger partial charge in [0.25, 0.3) is 0 Å². The summed E-state index contributed by atoms with van der Waals surface area (Å²) in [6.45, 7) is 4.73. The number of halogens is 2. The quantitative estimate of drug-likeness (QED) is 0.829. The molecule has 0 bridgehead atoms. The van der Waals surface area contributed by atoms with Crippen LogP contribution in [0.5, 0.6) is 0 Å². The van der Waals surface area contributed by atoms with Crippen LogP contribution in [0.25, 0.3) is 0 Å². The molecule has 0 spiro atoms. The van der Waals surface area contributed by atoms with Crippen LogP contribution < -0.4 is 10.6 Å². The average Bonchev–Trinajstić information content (AvgIpc) is 2.48. The van der Waals surface area contributed by atoms with Gasteiger partial charge >= 0.3 is 0 Å². The van der Waals surface area contributed by atoms with Crippen molar-refractivity contribution >= 4 is 41.5 Å². The van der Waals surface area contributed by atoms with Gasteiger partial charge in [0.15, 0.2) is 0 Å². The number of piperazine rings is 1. The Morgan fingerprint density at radius 1 is 1.17 bits per heavy atom. The van der Waals surface area contributed by atoms with E-state index in [-0.39, 0.29) is 30.1 Å². The monoisotopic (exact) mass is 372 g/mol. The lowest BCUT2D eigenvalue weighted by Gasteiger charge is -2.38. The second kappa shape index (κ2) is 8.67. The summed E-state index contributed by atoms with van der Waals surface area (Å²) in [6, 6.07) is 7.19. The molecule has 6 nitrogen and oxygen atoms in total. The predicted octanol–water partition coefficient (Wildman–Crippen LogP) is 1.06. The number of nitrogens with one attached hydrogen (secondary N) is 2. The highest BCUT2D eigenvalue weighted by atomic mass is 35.5. The van der Waals surface area contributed by atoms with Crippen LogP contribution in [0.4, 0.5) is 5.69 Å². The van der Waals surface area contributed by atoms with E-state index in [0.29, 0.717) is 30.3 Å². The second-order valence-electron chi connectivity index (χ2n) is 5.98. The van der Waals surface area contributed by atoms with E-state index < -0.39 is 0 Å². The minimum atomic E-state index is -0.0823. The van der Waals surface area contributed by atoms with Gasteiger partial charge in [0.1, 0.15) is 0 Å². The van der Waals surface area contributed by atoms with Crippen molar-refractivity contribution in [2.24, 2.45) is 5.92 Å². The fraction of sp³-hybridized carbons (Fsp3) is 0.500. The van der Waals surface area contributed by atoms with E-state index in [4.69, 9.17) is 11.6 Å². The largest absolute Gasteiger partial charge is 0.340 e. The standard InChI is InChI=1S/C16H21ClN4O2.ClH/c17-13-3-1-2-4-14(13)19-15(22)11-20-5-7-21(8-6-20)16(23)12-9-18-10-12;/h1-4,12,18H,5-11H2,(H,19,22);1H. The molecule has 3 rings (SSSR count). The molecule has 2 aliphatic rings. The smallest absolute Gasteiger partial charge is 0.238 e. The Hall–Kier alpha value is -1.34. The van der Waals surface area contributed by atoms with Gasteiger partial charge in [-0.3, -0.25) is 14.5 Å². The van der Waals surface area contributed by atoms with Crippen LogP contribution in [-0.2, 0) is 9.59 Å². The summed E-state index contributed by atoms with van der Waals surface area (Å²) in [5.41, 5.74) is 0.630. The van der Waals surface area contributed by atoms with E-state index in [9.17, 15) is 9.59 Å². The number of hydrogen-bond donors (Lipinski definition) is 2. The zero-order chi connectivity index (χ0) is 16.2. The van der Waals surface area contributed by atoms with Gasteiger partial charge in [0.2, 0.25) is 11.8 Å². The van der Waals surface area contributed by atoms with Crippen LogP contribution in [0.3, 0.4) is 0 Å². The molecule has 24 heavy (non-hydrogen) atoms. The van der Waals surface area contributed by atoms with Gasteiger partial charge in [-0.05, 0) is 12.1 Å². The molecule has 0 saturated carbocycles. The fourth-order valence-corrected chi connectivity index (χ4v) is 2.99. The Morgan fingerprint density at radius 2 is 1.83 bits per heavy atom. The first-order valence-corrected chi connectivity index (χ1v) is 8.27. The zero-order valence-electron chi connectivity index (χ0n) is 13.3. The van der Waals surface area contributed by atoms with Crippen molar-refractivity contribution in [3.63, 3.8) is 0 Å². The first-order chi connectivity index (χ1) is 11.1. The van der Waals surface area contributed by atoms with E-state index in [1.807, 2.05) is 17.0 Å². The second-order valence-corrected chi connectivity index (χ2v) is 6.39. The van der Waals surface area contributed by atoms with Crippen LogP contribution in [0, 0.1) is 5.92 Å². The van der Waals surface area contributed by atoms with Crippen molar-refractivity contribution in [1.29, 1.82) is 0 Å². The van der Waals surface area contributed by atoms with Crippen molar-refractivity contribution in [1.82, 2.24) is 15.1 Å². The van der Waals surface area contributed by atoms with E-state index in [2.05, 4.69) is 15.5 Å². The van der Waals surface area contributed by atoms with Gasteiger partial charge in [-0.25, -0.2) is 0 Å². The van der Waals surface area contributed by atoms with E-state index in [1.165, 1.54) is 0 Å². The Morgan fingerprint density at radius 3 is 2.42 bits per heavy atom. The van der Waals surface area contributed by atoms with Gasteiger partial charge in [-0.1, -0.05) is 23.7 Å². The van der Waals surface area contributed by atoms with Crippen LogP contribution >= 0.6 is 24.0 Å². The molecule has 0 radical (unpaired) electrons. The first-order valence-electron chi connectivity index (χ1n) is 7.90. The molecular formula is C16H22Cl2N4O2. The minimum absolute atomic E-state index is 0. The molecule has 0 aromatic heterocycles. The zero-order valence-corrected chi connectivity index (χ0v) is 14.9. The predicted molar refractivity (Wildman–Crippen MR) is 96.7 cm³/mol. The highest BCUT2D eigenvalue weighted by Gasteiger charge is 2.31. The summed E-state index contributed by atoms with van der Waals surface area (Å²) in [7, 11) is 0. The third-order valence-corrected chi connectivity index (χ3v) is 4.66. The highest BCUT2D eigenvalue weighted by Crippen LogP contribution is 2.20. The van der Waals surface area contributed by atoms with Gasteiger partial charge in [0.05, 0.1) is 23.2 Å². The Labute approximate surface area is 152 Å². The number of hydrogen-bond acceptors (Lipinski definition) is 4. The van der Waals surface area contributed by atoms with Crippen molar-refractivity contribution in [3.05, 3.63) is 29.3 Å². The molecule has 2 aliphatic heterocycles. The molecule has 1 aromatic carbocycles. The summed E-state index contributed by atoms with van der Waals surface area (Å²) < 4.78 is 0. The molecule has 2 amide bonds. The van der Waals surface area contributed by atoms with Gasteiger partial charge in [0, 0.05) is 39.3 Å². The van der Waals surface area contributed by atoms with Crippen molar-refractivity contribution in [2.45, 2.75) is 0 Å². The number of anilines is 1. The summed E-state index contributed by atoms with van der Waals surface area (Å²) in [4.78, 5) is 28.2. The number of benzene rings is 1. The molecule has 0 aliphatic carbocycles. The third kappa shape index (κ3) is 4.60. The molecule has 0 atom stereocenters. The molecule has 2 N–H and O–H groups in total. The molecule has 2 fully saturated rings. The lowest BCUT2D eigenvalue weighted by molar-refractivity contribution is -0.138. The maximum Gasteiger partial charge on any atom is 0.238 e. The maximum atomic E-state index is 12.2. The molecule has 2 saturated heterocycles. The SMILES string of the molecule is Cl.O=C(CN1CCN(C(=O)C2CNC2)CC1)Nc1ccccc1Cl. The topological polar surface area (TPSA) is 64.7 Å². The number of rotatable bonds is 4. The molecular weight excluding hydrogens is 351 g/mol. The average molecular weight is 373 g/mol. The summed E-state index contributed by atoms with van der Waals surface area (Å²) in [5, 5.41) is 6.48. The molecule has 8 heteroatoms. The normalized spacial score (nSPS) is 18.5. The van der Waals surface area contributed by atoms with Gasteiger partial charge in [-0.2, -0.15) is 0 Å². The number of amides is 2. The highest BCUT2D eigenvalue weighted by molar-refractivity contribution is 6.33. The lowest BCUT2D eigenvalue weighted by atomic mass is 10.0. The minimum Gasteiger partial charge on any atom is -0.340 e. The Bertz CT molecular complexity index is 587. The molecule has 1 aromatic rings. The van der Waals surface area contributed by atoms with E-state index in [1.54, 1.807) is 12.1 Å². The number of nitrogens with zero attached hydrogens (tertiary/aromatic N) is 2. The number of para-hydroxylation sites is 1. The van der Waals surface area contributed by atoms with Crippen LogP contribution in [0.15, 0.2) is 24.3 Å². The van der Waals surface area contributed by atoms with Crippen molar-refractivity contribution in [3.8, 4) is 0 Å². The van der Waals surface area contributed by atoms with Crippen LogP contribution in [-0.4, -0.2) is 67.4 Å². The van der Waals surface area contributed by atoms with E-state index >= 15 is 0 Å². The van der Waals surface area contributed by atoms with Crippen LogP contribution in [0.1, 0.15) is 0 Å². The van der Waals surface area contributed by atoms with Crippen molar-refractivity contribution < 1.29 is 9.59 Å². The van der Waals surface area contributed by atoms with Gasteiger partial charge < -0.3 is 15.5 Å².